The number of halogens is 1. The highest BCUT2D eigenvalue weighted by Crippen LogP contribution is 2.19. The second-order valence-electron chi connectivity index (χ2n) is 4.70. The van der Waals surface area contributed by atoms with Gasteiger partial charge in [-0.2, -0.15) is 5.10 Å². The van der Waals surface area contributed by atoms with Gasteiger partial charge in [-0.3, -0.25) is 9.48 Å². The van der Waals surface area contributed by atoms with Crippen molar-refractivity contribution in [2.24, 2.45) is 13.0 Å². The maximum Gasteiger partial charge on any atom is 0.275 e. The number of carbonyl (C=O) groups excluding carboxylic acids is 1. The Balaban J connectivity index is 2.17. The number of aliphatic hydroxyl groups is 1. The van der Waals surface area contributed by atoms with E-state index in [-0.39, 0.29) is 5.91 Å². The largest absolute Gasteiger partial charge is 0.391 e. The molecule has 0 aliphatic carbocycles. The van der Waals surface area contributed by atoms with Gasteiger partial charge in [-0.05, 0) is 34.9 Å². The number of aliphatic hydroxyl groups excluding tert-OH is 1. The number of hydrogen-bond donors (Lipinski definition) is 1. The van der Waals surface area contributed by atoms with Gasteiger partial charge < -0.3 is 10.0 Å². The zero-order valence-electron chi connectivity index (χ0n) is 9.93. The summed E-state index contributed by atoms with van der Waals surface area (Å²) in [5.74, 6) is 0.254. The molecule has 1 aliphatic heterocycles. The van der Waals surface area contributed by atoms with E-state index in [4.69, 9.17) is 0 Å². The Labute approximate surface area is 114 Å². The van der Waals surface area contributed by atoms with E-state index in [1.807, 2.05) is 13.1 Å². The third-order valence-corrected chi connectivity index (χ3v) is 3.70. The monoisotopic (exact) mass is 349 g/mol. The number of aromatic nitrogens is 2. The lowest BCUT2D eigenvalue weighted by Gasteiger charge is -2.33. The first-order valence-electron chi connectivity index (χ1n) is 5.64. The molecule has 0 aromatic carbocycles. The number of nitrogens with zero attached hydrogens (tertiary/aromatic N) is 3. The normalized spacial score (nSPS) is 25.1. The van der Waals surface area contributed by atoms with Gasteiger partial charge in [0, 0.05) is 26.3 Å². The smallest absolute Gasteiger partial charge is 0.275 e. The molecule has 1 amide bonds. The summed E-state index contributed by atoms with van der Waals surface area (Å²) in [6, 6.07) is 0. The van der Waals surface area contributed by atoms with E-state index in [1.54, 1.807) is 16.6 Å². The van der Waals surface area contributed by atoms with Crippen LogP contribution in [0.4, 0.5) is 0 Å². The minimum absolute atomic E-state index is 0.0828. The molecule has 0 spiro atoms. The number of carbonyl (C=O) groups is 1. The fraction of sp³-hybridized carbons (Fsp3) is 0.636. The molecule has 1 aliphatic rings. The van der Waals surface area contributed by atoms with Crippen LogP contribution in [0.15, 0.2) is 6.20 Å². The lowest BCUT2D eigenvalue weighted by atomic mass is 9.98. The molecular weight excluding hydrogens is 333 g/mol. The Morgan fingerprint density at radius 1 is 1.59 bits per heavy atom. The number of rotatable bonds is 1. The SMILES string of the molecule is C[C@@H]1C[C@H](O)CN(C(=O)c2nn(C)cc2I)C1. The highest BCUT2D eigenvalue weighted by atomic mass is 127. The Kier molecular flexibility index (Phi) is 3.72. The van der Waals surface area contributed by atoms with Crippen molar-refractivity contribution >= 4 is 28.5 Å². The van der Waals surface area contributed by atoms with Crippen LogP contribution >= 0.6 is 22.6 Å². The minimum Gasteiger partial charge on any atom is -0.391 e. The molecule has 0 radical (unpaired) electrons. The maximum absolute atomic E-state index is 12.3. The zero-order chi connectivity index (χ0) is 12.6. The molecular formula is C11H16IN3O2. The Morgan fingerprint density at radius 2 is 2.29 bits per heavy atom. The van der Waals surface area contributed by atoms with Gasteiger partial charge in [-0.1, -0.05) is 6.92 Å². The average molecular weight is 349 g/mol. The highest BCUT2D eigenvalue weighted by molar-refractivity contribution is 14.1. The van der Waals surface area contributed by atoms with Gasteiger partial charge in [0.2, 0.25) is 0 Å². The molecule has 5 nitrogen and oxygen atoms in total. The number of amides is 1. The summed E-state index contributed by atoms with van der Waals surface area (Å²) in [7, 11) is 1.80. The van der Waals surface area contributed by atoms with Gasteiger partial charge in [-0.25, -0.2) is 0 Å². The molecule has 1 saturated heterocycles. The first-order valence-corrected chi connectivity index (χ1v) is 6.71. The van der Waals surface area contributed by atoms with E-state index < -0.39 is 6.10 Å². The van der Waals surface area contributed by atoms with Crippen LogP contribution in [-0.2, 0) is 7.05 Å². The topological polar surface area (TPSA) is 58.4 Å². The molecule has 2 rings (SSSR count). The van der Waals surface area contributed by atoms with Crippen molar-refractivity contribution in [3.05, 3.63) is 15.5 Å². The van der Waals surface area contributed by atoms with Gasteiger partial charge in [-0.15, -0.1) is 0 Å². The van der Waals surface area contributed by atoms with Gasteiger partial charge in [0.25, 0.3) is 5.91 Å². The van der Waals surface area contributed by atoms with E-state index in [2.05, 4.69) is 27.7 Å². The molecule has 6 heteroatoms. The van der Waals surface area contributed by atoms with E-state index in [0.29, 0.717) is 24.7 Å². The predicted molar refractivity (Wildman–Crippen MR) is 71.6 cm³/mol. The third kappa shape index (κ3) is 2.79. The lowest BCUT2D eigenvalue weighted by molar-refractivity contribution is 0.0333. The lowest BCUT2D eigenvalue weighted by Crippen LogP contribution is -2.45. The molecule has 0 unspecified atom stereocenters. The fourth-order valence-corrected chi connectivity index (χ4v) is 2.98. The second-order valence-corrected chi connectivity index (χ2v) is 5.87. The quantitative estimate of drug-likeness (QED) is 0.766. The summed E-state index contributed by atoms with van der Waals surface area (Å²) >= 11 is 2.11. The van der Waals surface area contributed by atoms with Crippen LogP contribution in [0.25, 0.3) is 0 Å². The van der Waals surface area contributed by atoms with Crippen molar-refractivity contribution < 1.29 is 9.90 Å². The van der Waals surface area contributed by atoms with Crippen LogP contribution in [0.1, 0.15) is 23.8 Å². The van der Waals surface area contributed by atoms with Crippen LogP contribution in [0, 0.1) is 9.49 Å². The Bertz CT molecular complexity index is 422. The molecule has 0 bridgehead atoms. The Morgan fingerprint density at radius 3 is 2.82 bits per heavy atom. The summed E-state index contributed by atoms with van der Waals surface area (Å²) in [6.45, 7) is 3.16. The minimum atomic E-state index is -0.413. The number of hydrogen-bond acceptors (Lipinski definition) is 3. The molecule has 0 saturated carbocycles. The second kappa shape index (κ2) is 4.93. The van der Waals surface area contributed by atoms with Crippen molar-refractivity contribution in [1.29, 1.82) is 0 Å². The Hall–Kier alpha value is -0.630. The standard InChI is InChI=1S/C11H16IN3O2/c1-7-3-8(16)5-15(4-7)11(17)10-9(12)6-14(2)13-10/h6-8,16H,3-5H2,1-2H3/t7-,8+/m1/s1. The number of aryl methyl sites for hydroxylation is 1. The first kappa shape index (κ1) is 12.8. The van der Waals surface area contributed by atoms with E-state index in [0.717, 1.165) is 9.99 Å². The summed E-state index contributed by atoms with van der Waals surface area (Å²) in [5.41, 5.74) is 0.481. The van der Waals surface area contributed by atoms with Crippen molar-refractivity contribution in [1.82, 2.24) is 14.7 Å². The summed E-state index contributed by atoms with van der Waals surface area (Å²) < 4.78 is 2.49. The maximum atomic E-state index is 12.3. The van der Waals surface area contributed by atoms with Crippen molar-refractivity contribution in [2.45, 2.75) is 19.4 Å². The van der Waals surface area contributed by atoms with E-state index in [1.165, 1.54) is 0 Å². The third-order valence-electron chi connectivity index (χ3n) is 2.91. The molecule has 2 heterocycles. The average Bonchev–Trinajstić information content (AvgIpc) is 2.55. The van der Waals surface area contributed by atoms with Crippen molar-refractivity contribution in [3.8, 4) is 0 Å². The first-order chi connectivity index (χ1) is 7.97. The van der Waals surface area contributed by atoms with Gasteiger partial charge in [0.15, 0.2) is 5.69 Å². The van der Waals surface area contributed by atoms with Crippen LogP contribution in [-0.4, -0.2) is 44.9 Å². The molecule has 1 aromatic rings. The number of β-amino-alcohol motifs (C(OH)–C–C–N with tert-alkyl or cyclic N) is 1. The van der Waals surface area contributed by atoms with Crippen molar-refractivity contribution in [2.75, 3.05) is 13.1 Å². The van der Waals surface area contributed by atoms with Gasteiger partial charge >= 0.3 is 0 Å². The molecule has 17 heavy (non-hydrogen) atoms. The van der Waals surface area contributed by atoms with Gasteiger partial charge in [0.1, 0.15) is 0 Å². The predicted octanol–water partition coefficient (Wildman–Crippen LogP) is 0.868. The van der Waals surface area contributed by atoms with Crippen molar-refractivity contribution in [3.63, 3.8) is 0 Å². The van der Waals surface area contributed by atoms with Gasteiger partial charge in [0.05, 0.1) is 9.67 Å². The molecule has 1 N–H and O–H groups in total. The van der Waals surface area contributed by atoms with Crippen LogP contribution in [0.2, 0.25) is 0 Å². The zero-order valence-corrected chi connectivity index (χ0v) is 12.1. The van der Waals surface area contributed by atoms with E-state index in [9.17, 15) is 9.90 Å². The van der Waals surface area contributed by atoms with Crippen LogP contribution in [0.3, 0.4) is 0 Å². The fourth-order valence-electron chi connectivity index (χ4n) is 2.24. The van der Waals surface area contributed by atoms with E-state index >= 15 is 0 Å². The number of piperidine rings is 1. The summed E-state index contributed by atoms with van der Waals surface area (Å²) in [5, 5.41) is 13.9. The molecule has 1 aromatic heterocycles. The van der Waals surface area contributed by atoms with Crippen LogP contribution in [0.5, 0.6) is 0 Å². The summed E-state index contributed by atoms with van der Waals surface area (Å²) in [4.78, 5) is 14.0. The summed E-state index contributed by atoms with van der Waals surface area (Å²) in [6.07, 6.45) is 2.17. The highest BCUT2D eigenvalue weighted by Gasteiger charge is 2.29. The molecule has 2 atom stereocenters. The number of likely N-dealkylation sites (tertiary alicyclic amines) is 1. The molecule has 94 valence electrons. The molecule has 1 fully saturated rings. The van der Waals surface area contributed by atoms with Crippen LogP contribution < -0.4 is 0 Å².